The second kappa shape index (κ2) is 10.2. The van der Waals surface area contributed by atoms with Gasteiger partial charge in [0.05, 0.1) is 39.9 Å². The van der Waals surface area contributed by atoms with Crippen LogP contribution in [0.5, 0.6) is 0 Å². The first-order chi connectivity index (χ1) is 24.2. The van der Waals surface area contributed by atoms with Gasteiger partial charge in [0.2, 0.25) is 0 Å². The molecular formula is C44H24N4O. The topological polar surface area (TPSA) is 51.1 Å². The van der Waals surface area contributed by atoms with Gasteiger partial charge in [0.15, 0.2) is 5.69 Å². The molecule has 3 aromatic heterocycles. The number of nitriles is 1. The maximum atomic E-state index is 10.6. The molecule has 0 aliphatic heterocycles. The van der Waals surface area contributed by atoms with Crippen LogP contribution in [0.4, 0.5) is 5.69 Å². The van der Waals surface area contributed by atoms with E-state index in [9.17, 15) is 5.26 Å². The van der Waals surface area contributed by atoms with Gasteiger partial charge in [-0.2, -0.15) is 5.26 Å². The molecule has 0 bridgehead atoms. The molecule has 0 fully saturated rings. The molecule has 10 rings (SSSR count). The zero-order chi connectivity index (χ0) is 32.6. The molecule has 0 amide bonds. The van der Waals surface area contributed by atoms with E-state index < -0.39 is 0 Å². The largest absolute Gasteiger partial charge is 0.456 e. The lowest BCUT2D eigenvalue weighted by Gasteiger charge is -2.17. The Labute approximate surface area is 280 Å². The van der Waals surface area contributed by atoms with Crippen LogP contribution in [-0.4, -0.2) is 9.13 Å². The molecule has 3 heterocycles. The molecule has 5 heteroatoms. The van der Waals surface area contributed by atoms with Crippen LogP contribution in [-0.2, 0) is 0 Å². The fourth-order valence-corrected chi connectivity index (χ4v) is 7.77. The summed E-state index contributed by atoms with van der Waals surface area (Å²) in [6.45, 7) is 8.11. The molecule has 7 aromatic carbocycles. The maximum Gasteiger partial charge on any atom is 0.189 e. The van der Waals surface area contributed by atoms with Crippen LogP contribution in [0.15, 0.2) is 150 Å². The van der Waals surface area contributed by atoms with Crippen LogP contribution in [0.25, 0.3) is 92.9 Å². The average Bonchev–Trinajstić information content (AvgIpc) is 3.82. The summed E-state index contributed by atoms with van der Waals surface area (Å²) in [5.41, 5.74) is 10.2. The number of para-hydroxylation sites is 5. The molecule has 5 nitrogen and oxygen atoms in total. The SMILES string of the molecule is [C-]#[N+]c1cc(-c2cccc(C#N)c2-n2c3ccccc3c3c4c(ccc32)oc2ccccc24)cc(-n2c3ccccc3c3ccccc32)c1. The van der Waals surface area contributed by atoms with Crippen molar-refractivity contribution in [1.29, 1.82) is 5.26 Å². The number of nitrogens with zero attached hydrogens (tertiary/aromatic N) is 4. The molecule has 49 heavy (non-hydrogen) atoms. The van der Waals surface area contributed by atoms with Crippen molar-refractivity contribution in [2.75, 3.05) is 0 Å². The molecule has 0 radical (unpaired) electrons. The number of hydrogen-bond acceptors (Lipinski definition) is 2. The Morgan fingerprint density at radius 3 is 1.92 bits per heavy atom. The van der Waals surface area contributed by atoms with Crippen molar-refractivity contribution < 1.29 is 4.42 Å². The van der Waals surface area contributed by atoms with Crippen LogP contribution in [0.2, 0.25) is 0 Å². The highest BCUT2D eigenvalue weighted by atomic mass is 16.3. The van der Waals surface area contributed by atoms with E-state index in [4.69, 9.17) is 11.0 Å². The zero-order valence-electron chi connectivity index (χ0n) is 26.1. The molecule has 0 saturated heterocycles. The molecule has 10 aromatic rings. The van der Waals surface area contributed by atoms with E-state index in [2.05, 4.69) is 98.9 Å². The Morgan fingerprint density at radius 2 is 1.20 bits per heavy atom. The summed E-state index contributed by atoms with van der Waals surface area (Å²) in [6, 6.07) is 51.7. The lowest BCUT2D eigenvalue weighted by Crippen LogP contribution is -2.01. The van der Waals surface area contributed by atoms with Gasteiger partial charge in [-0.25, -0.2) is 4.85 Å². The number of furan rings is 1. The summed E-state index contributed by atoms with van der Waals surface area (Å²) in [5.74, 6) is 0. The first kappa shape index (κ1) is 27.1. The van der Waals surface area contributed by atoms with Gasteiger partial charge in [0.25, 0.3) is 0 Å². The minimum atomic E-state index is 0.525. The smallest absolute Gasteiger partial charge is 0.189 e. The van der Waals surface area contributed by atoms with Gasteiger partial charge >= 0.3 is 0 Å². The molecule has 0 unspecified atom stereocenters. The monoisotopic (exact) mass is 624 g/mol. The molecular weight excluding hydrogens is 601 g/mol. The Hall–Kier alpha value is -7.08. The van der Waals surface area contributed by atoms with Crippen LogP contribution >= 0.6 is 0 Å². The quantitative estimate of drug-likeness (QED) is 0.184. The number of aromatic nitrogens is 2. The summed E-state index contributed by atoms with van der Waals surface area (Å²) in [5, 5.41) is 17.2. The Kier molecular flexibility index (Phi) is 5.64. The number of rotatable bonds is 3. The van der Waals surface area contributed by atoms with Gasteiger partial charge in [0.1, 0.15) is 17.2 Å². The first-order valence-electron chi connectivity index (χ1n) is 16.1. The van der Waals surface area contributed by atoms with Gasteiger partial charge in [-0.3, -0.25) is 0 Å². The van der Waals surface area contributed by atoms with Crippen molar-refractivity contribution in [1.82, 2.24) is 9.13 Å². The van der Waals surface area contributed by atoms with Crippen molar-refractivity contribution in [3.63, 3.8) is 0 Å². The van der Waals surface area contributed by atoms with Crippen LogP contribution in [0, 0.1) is 17.9 Å². The fourth-order valence-electron chi connectivity index (χ4n) is 7.77. The molecule has 0 aliphatic carbocycles. The molecule has 0 aliphatic rings. The van der Waals surface area contributed by atoms with E-state index in [1.807, 2.05) is 66.7 Å². The van der Waals surface area contributed by atoms with Gasteiger partial charge in [-0.15, -0.1) is 0 Å². The third-order valence-corrected chi connectivity index (χ3v) is 9.74. The first-order valence-corrected chi connectivity index (χ1v) is 16.1. The van der Waals surface area contributed by atoms with Crippen LogP contribution < -0.4 is 0 Å². The third-order valence-electron chi connectivity index (χ3n) is 9.74. The fraction of sp³-hybridized carbons (Fsp3) is 0. The van der Waals surface area contributed by atoms with E-state index in [1.54, 1.807) is 0 Å². The molecule has 0 atom stereocenters. The number of hydrogen-bond donors (Lipinski definition) is 0. The predicted molar refractivity (Wildman–Crippen MR) is 199 cm³/mol. The van der Waals surface area contributed by atoms with Crippen molar-refractivity contribution in [2.24, 2.45) is 0 Å². The minimum absolute atomic E-state index is 0.525. The van der Waals surface area contributed by atoms with Gasteiger partial charge in [-0.1, -0.05) is 84.9 Å². The summed E-state index contributed by atoms with van der Waals surface area (Å²) < 4.78 is 10.8. The third kappa shape index (κ3) is 3.79. The van der Waals surface area contributed by atoms with E-state index >= 15 is 0 Å². The van der Waals surface area contributed by atoms with E-state index in [1.165, 1.54) is 0 Å². The van der Waals surface area contributed by atoms with Gasteiger partial charge < -0.3 is 13.6 Å². The second-order valence-corrected chi connectivity index (χ2v) is 12.3. The minimum Gasteiger partial charge on any atom is -0.456 e. The standard InChI is InChI=1S/C44H24N4O/c1-46-29-23-28(24-30(25-29)47-36-17-6-2-12-32(36)33-13-3-7-18-37(33)47)31-16-10-11-27(26-45)44(31)48-38-19-8-4-14-34(38)42-39(48)21-22-41-43(42)35-15-5-9-20-40(35)49-41/h2-25H. The Morgan fingerprint density at radius 1 is 0.551 bits per heavy atom. The van der Waals surface area contributed by atoms with Gasteiger partial charge in [0, 0.05) is 43.6 Å². The number of fused-ring (bicyclic) bond motifs is 10. The van der Waals surface area contributed by atoms with Crippen molar-refractivity contribution >= 4 is 71.2 Å². The summed E-state index contributed by atoms with van der Waals surface area (Å²) in [7, 11) is 0. The highest BCUT2D eigenvalue weighted by molar-refractivity contribution is 6.27. The van der Waals surface area contributed by atoms with Crippen LogP contribution in [0.1, 0.15) is 5.56 Å². The molecule has 0 saturated carbocycles. The molecule has 0 N–H and O–H groups in total. The van der Waals surface area contributed by atoms with E-state index in [-0.39, 0.29) is 0 Å². The molecule has 0 spiro atoms. The van der Waals surface area contributed by atoms with E-state index in [0.29, 0.717) is 11.3 Å². The van der Waals surface area contributed by atoms with Crippen LogP contribution in [0.3, 0.4) is 0 Å². The predicted octanol–water partition coefficient (Wildman–Crippen LogP) is 11.9. The van der Waals surface area contributed by atoms with Crippen molar-refractivity contribution in [3.05, 3.63) is 163 Å². The Bertz CT molecular complexity index is 3030. The highest BCUT2D eigenvalue weighted by Gasteiger charge is 2.23. The maximum absolute atomic E-state index is 10.6. The number of benzene rings is 7. The lowest BCUT2D eigenvalue weighted by atomic mass is 9.98. The lowest BCUT2D eigenvalue weighted by molar-refractivity contribution is 0.669. The van der Waals surface area contributed by atoms with Crippen molar-refractivity contribution in [2.45, 2.75) is 0 Å². The van der Waals surface area contributed by atoms with Gasteiger partial charge in [-0.05, 0) is 66.2 Å². The van der Waals surface area contributed by atoms with E-state index in [0.717, 1.165) is 88.1 Å². The van der Waals surface area contributed by atoms with Crippen molar-refractivity contribution in [3.8, 4) is 28.6 Å². The average molecular weight is 625 g/mol. The highest BCUT2D eigenvalue weighted by Crippen LogP contribution is 2.44. The molecule has 226 valence electrons. The Balaban J connectivity index is 1.31. The zero-order valence-corrected chi connectivity index (χ0v) is 26.1. The normalized spacial score (nSPS) is 11.6. The summed E-state index contributed by atoms with van der Waals surface area (Å²) in [6.07, 6.45) is 0. The summed E-state index contributed by atoms with van der Waals surface area (Å²) in [4.78, 5) is 3.93. The second-order valence-electron chi connectivity index (χ2n) is 12.3. The summed E-state index contributed by atoms with van der Waals surface area (Å²) >= 11 is 0.